The molecule has 0 amide bonds. The first kappa shape index (κ1) is 13.9. The first-order valence-electron chi connectivity index (χ1n) is 6.49. The molecule has 0 bridgehead atoms. The second kappa shape index (κ2) is 6.58. The van der Waals surface area contributed by atoms with Crippen LogP contribution < -0.4 is 5.32 Å². The molecule has 1 rings (SSSR count). The van der Waals surface area contributed by atoms with E-state index in [4.69, 9.17) is 9.47 Å². The Balaban J connectivity index is 2.61. The molecule has 96 valence electrons. The molecule has 3 nitrogen and oxygen atoms in total. The molecule has 5 atom stereocenters. The van der Waals surface area contributed by atoms with Gasteiger partial charge in [0, 0.05) is 19.1 Å². The first-order valence-corrected chi connectivity index (χ1v) is 6.49. The highest BCUT2D eigenvalue weighted by atomic mass is 16.5. The lowest BCUT2D eigenvalue weighted by molar-refractivity contribution is 0.0414. The van der Waals surface area contributed by atoms with E-state index in [0.717, 1.165) is 19.6 Å². The van der Waals surface area contributed by atoms with Crippen molar-refractivity contribution in [3.05, 3.63) is 0 Å². The van der Waals surface area contributed by atoms with Crippen LogP contribution in [0.2, 0.25) is 0 Å². The zero-order valence-corrected chi connectivity index (χ0v) is 11.3. The minimum Gasteiger partial charge on any atom is -0.383 e. The molecule has 5 unspecified atom stereocenters. The Hall–Kier alpha value is -0.120. The topological polar surface area (TPSA) is 30.5 Å². The van der Waals surface area contributed by atoms with Gasteiger partial charge < -0.3 is 14.8 Å². The van der Waals surface area contributed by atoms with Crippen molar-refractivity contribution >= 4 is 0 Å². The van der Waals surface area contributed by atoms with Crippen molar-refractivity contribution in [3.8, 4) is 0 Å². The molecule has 1 aliphatic rings. The van der Waals surface area contributed by atoms with Gasteiger partial charge in [-0.25, -0.2) is 0 Å². The Labute approximate surface area is 99.9 Å². The summed E-state index contributed by atoms with van der Waals surface area (Å²) in [6.45, 7) is 10.7. The van der Waals surface area contributed by atoms with E-state index in [-0.39, 0.29) is 0 Å². The van der Waals surface area contributed by atoms with E-state index in [1.807, 2.05) is 0 Å². The van der Waals surface area contributed by atoms with Gasteiger partial charge in [0.05, 0.1) is 18.8 Å². The molecule has 0 aromatic heterocycles. The third kappa shape index (κ3) is 3.19. The van der Waals surface area contributed by atoms with Crippen LogP contribution in [0.25, 0.3) is 0 Å². The van der Waals surface area contributed by atoms with Crippen molar-refractivity contribution in [1.82, 2.24) is 5.32 Å². The predicted molar refractivity (Wildman–Crippen MR) is 66.6 cm³/mol. The molecule has 0 aromatic rings. The minimum absolute atomic E-state index is 0.328. The zero-order valence-electron chi connectivity index (χ0n) is 11.3. The molecule has 1 fully saturated rings. The summed E-state index contributed by atoms with van der Waals surface area (Å²) in [6, 6.07) is 0.417. The molecule has 1 aliphatic heterocycles. The van der Waals surface area contributed by atoms with Gasteiger partial charge in [-0.15, -0.1) is 0 Å². The summed E-state index contributed by atoms with van der Waals surface area (Å²) < 4.78 is 11.2. The summed E-state index contributed by atoms with van der Waals surface area (Å²) >= 11 is 0. The molecule has 1 heterocycles. The highest BCUT2D eigenvalue weighted by Crippen LogP contribution is 2.34. The average Bonchev–Trinajstić information content (AvgIpc) is 2.49. The molecule has 0 aromatic carbocycles. The Kier molecular flexibility index (Phi) is 5.73. The number of methoxy groups -OCH3 is 1. The largest absolute Gasteiger partial charge is 0.383 e. The number of rotatable bonds is 6. The Morgan fingerprint density at radius 1 is 1.25 bits per heavy atom. The predicted octanol–water partition coefficient (Wildman–Crippen LogP) is 2.06. The summed E-state index contributed by atoms with van der Waals surface area (Å²) in [5, 5.41) is 3.59. The maximum absolute atomic E-state index is 5.90. The maximum atomic E-state index is 5.90. The Morgan fingerprint density at radius 2 is 1.94 bits per heavy atom. The van der Waals surface area contributed by atoms with Crippen molar-refractivity contribution in [3.63, 3.8) is 0 Å². The van der Waals surface area contributed by atoms with E-state index in [9.17, 15) is 0 Å². The standard InChI is InChI=1S/C13H27NO2/c1-6-7-14-12(8-15-5)13-9(2)10(3)16-11(13)4/h9-14H,6-8H2,1-5H3. The highest BCUT2D eigenvalue weighted by molar-refractivity contribution is 4.91. The van der Waals surface area contributed by atoms with E-state index in [0.29, 0.717) is 30.1 Å². The maximum Gasteiger partial charge on any atom is 0.0619 e. The van der Waals surface area contributed by atoms with Crippen molar-refractivity contribution in [2.45, 2.75) is 52.4 Å². The van der Waals surface area contributed by atoms with Crippen LogP contribution in [0.4, 0.5) is 0 Å². The van der Waals surface area contributed by atoms with Crippen LogP contribution in [0, 0.1) is 11.8 Å². The number of hydrogen-bond donors (Lipinski definition) is 1. The van der Waals surface area contributed by atoms with Crippen LogP contribution in [0.5, 0.6) is 0 Å². The van der Waals surface area contributed by atoms with Gasteiger partial charge in [0.1, 0.15) is 0 Å². The van der Waals surface area contributed by atoms with Gasteiger partial charge in [0.2, 0.25) is 0 Å². The van der Waals surface area contributed by atoms with Crippen LogP contribution in [0.1, 0.15) is 34.1 Å². The lowest BCUT2D eigenvalue weighted by Crippen LogP contribution is -2.45. The number of nitrogens with one attached hydrogen (secondary N) is 1. The molecule has 0 aliphatic carbocycles. The number of ether oxygens (including phenoxy) is 2. The van der Waals surface area contributed by atoms with Crippen molar-refractivity contribution in [1.29, 1.82) is 0 Å². The van der Waals surface area contributed by atoms with Gasteiger partial charge in [-0.1, -0.05) is 13.8 Å². The first-order chi connectivity index (χ1) is 7.61. The molecular formula is C13H27NO2. The monoisotopic (exact) mass is 229 g/mol. The van der Waals surface area contributed by atoms with Crippen LogP contribution in [0.3, 0.4) is 0 Å². The lowest BCUT2D eigenvalue weighted by atomic mass is 9.83. The van der Waals surface area contributed by atoms with Crippen molar-refractivity contribution < 1.29 is 9.47 Å². The van der Waals surface area contributed by atoms with E-state index in [2.05, 4.69) is 33.0 Å². The summed E-state index contributed by atoms with van der Waals surface area (Å²) in [5.74, 6) is 1.15. The van der Waals surface area contributed by atoms with E-state index in [1.165, 1.54) is 0 Å². The quantitative estimate of drug-likeness (QED) is 0.756. The SMILES string of the molecule is CCCNC(COC)C1C(C)OC(C)C1C. The van der Waals surface area contributed by atoms with Gasteiger partial charge in [-0.2, -0.15) is 0 Å². The second-order valence-electron chi connectivity index (χ2n) is 5.00. The summed E-state index contributed by atoms with van der Waals surface area (Å²) in [5.41, 5.74) is 0. The van der Waals surface area contributed by atoms with Crippen molar-refractivity contribution in [2.75, 3.05) is 20.3 Å². The van der Waals surface area contributed by atoms with Crippen LogP contribution in [0.15, 0.2) is 0 Å². The molecule has 0 spiro atoms. The molecule has 0 saturated carbocycles. The molecule has 16 heavy (non-hydrogen) atoms. The second-order valence-corrected chi connectivity index (χ2v) is 5.00. The van der Waals surface area contributed by atoms with Crippen LogP contribution in [-0.4, -0.2) is 38.5 Å². The van der Waals surface area contributed by atoms with Gasteiger partial charge >= 0.3 is 0 Å². The average molecular weight is 229 g/mol. The zero-order chi connectivity index (χ0) is 12.1. The molecule has 1 saturated heterocycles. The molecule has 0 radical (unpaired) electrons. The van der Waals surface area contributed by atoms with E-state index in [1.54, 1.807) is 7.11 Å². The Bertz CT molecular complexity index is 198. The molecule has 1 N–H and O–H groups in total. The lowest BCUT2D eigenvalue weighted by Gasteiger charge is -2.29. The summed E-state index contributed by atoms with van der Waals surface area (Å²) in [6.07, 6.45) is 1.85. The third-order valence-corrected chi connectivity index (χ3v) is 3.79. The van der Waals surface area contributed by atoms with Gasteiger partial charge in [-0.05, 0) is 32.7 Å². The summed E-state index contributed by atoms with van der Waals surface area (Å²) in [4.78, 5) is 0. The Morgan fingerprint density at radius 3 is 2.38 bits per heavy atom. The van der Waals surface area contributed by atoms with Crippen LogP contribution in [-0.2, 0) is 9.47 Å². The van der Waals surface area contributed by atoms with E-state index >= 15 is 0 Å². The highest BCUT2D eigenvalue weighted by Gasteiger charge is 2.41. The molecular weight excluding hydrogens is 202 g/mol. The fourth-order valence-electron chi connectivity index (χ4n) is 2.80. The van der Waals surface area contributed by atoms with Crippen molar-refractivity contribution in [2.24, 2.45) is 11.8 Å². The molecule has 3 heteroatoms. The van der Waals surface area contributed by atoms with Gasteiger partial charge in [0.25, 0.3) is 0 Å². The third-order valence-electron chi connectivity index (χ3n) is 3.79. The normalized spacial score (nSPS) is 36.6. The van der Waals surface area contributed by atoms with Crippen LogP contribution >= 0.6 is 0 Å². The van der Waals surface area contributed by atoms with Gasteiger partial charge in [0.15, 0.2) is 0 Å². The van der Waals surface area contributed by atoms with Gasteiger partial charge in [-0.3, -0.25) is 0 Å². The minimum atomic E-state index is 0.328. The smallest absolute Gasteiger partial charge is 0.0619 e. The fourth-order valence-corrected chi connectivity index (χ4v) is 2.80. The van der Waals surface area contributed by atoms with E-state index < -0.39 is 0 Å². The summed E-state index contributed by atoms with van der Waals surface area (Å²) in [7, 11) is 1.77. The fraction of sp³-hybridized carbons (Fsp3) is 1.00. The number of hydrogen-bond acceptors (Lipinski definition) is 3.